The van der Waals surface area contributed by atoms with Gasteiger partial charge in [0.2, 0.25) is 5.91 Å². The Balaban J connectivity index is 2.19. The summed E-state index contributed by atoms with van der Waals surface area (Å²) < 4.78 is 22.5. The Morgan fingerprint density at radius 3 is 2.27 bits per heavy atom. The molecule has 0 aliphatic rings. The largest absolute Gasteiger partial charge is 0.465 e. The Morgan fingerprint density at radius 2 is 1.73 bits per heavy atom. The van der Waals surface area contributed by atoms with E-state index in [-0.39, 0.29) is 28.4 Å². The van der Waals surface area contributed by atoms with Crippen LogP contribution in [0.1, 0.15) is 49.8 Å². The number of hydrogen-bond acceptors (Lipinski definition) is 8. The number of nitrogens with two attached hydrogens (primary N) is 2. The third-order valence-corrected chi connectivity index (χ3v) is 6.11. The molecule has 1 aromatic heterocycles. The molecule has 194 valence electrons. The molecule has 0 aliphatic carbocycles. The lowest BCUT2D eigenvalue weighted by Gasteiger charge is -2.31. The average Bonchev–Trinajstić information content (AvgIpc) is 3.22. The maximum absolute atomic E-state index is 14.0. The highest BCUT2D eigenvalue weighted by molar-refractivity contribution is 7.09. The molecule has 2 aromatic carbocycles. The molecule has 0 spiro atoms. The van der Waals surface area contributed by atoms with Gasteiger partial charge in [-0.3, -0.25) is 24.1 Å². The SMILES string of the molecule is CCOC(=O)CNC(=O)[C@@H](c1ccc(F)cc1)N(C(=O)c1snc(C(N)=O)c1N)c1cc(C)cc(C)c1. The van der Waals surface area contributed by atoms with Crippen molar-refractivity contribution in [2.45, 2.75) is 26.8 Å². The van der Waals surface area contributed by atoms with Crippen LogP contribution in [-0.4, -0.2) is 41.2 Å². The number of hydrogen-bond donors (Lipinski definition) is 3. The third kappa shape index (κ3) is 6.28. The predicted octanol–water partition coefficient (Wildman–Crippen LogP) is 2.65. The molecular weight excluding hydrogens is 501 g/mol. The summed E-state index contributed by atoms with van der Waals surface area (Å²) in [5, 5.41) is 2.49. The minimum absolute atomic E-state index is 0.113. The van der Waals surface area contributed by atoms with Crippen molar-refractivity contribution in [3.05, 3.63) is 75.5 Å². The maximum atomic E-state index is 14.0. The van der Waals surface area contributed by atoms with E-state index in [0.717, 1.165) is 23.3 Å². The standard InChI is InChI=1S/C25H26FN5O5S/c1-4-36-18(32)12-29-24(34)21(15-5-7-16(26)8-6-15)31(17-10-13(2)9-14(3)11-17)25(35)22-19(27)20(23(28)33)30-37-22/h5-11,21H,4,12,27H2,1-3H3,(H2,28,33)(H,29,34)/t21-/m1/s1. The maximum Gasteiger partial charge on any atom is 0.325 e. The Labute approximate surface area is 216 Å². The normalized spacial score (nSPS) is 11.5. The number of nitrogen functional groups attached to an aromatic ring is 1. The molecule has 3 aromatic rings. The van der Waals surface area contributed by atoms with Gasteiger partial charge in [-0.15, -0.1) is 0 Å². The Kier molecular flexibility index (Phi) is 8.56. The van der Waals surface area contributed by atoms with E-state index in [1.165, 1.54) is 17.0 Å². The van der Waals surface area contributed by atoms with Crippen LogP contribution in [-0.2, 0) is 14.3 Å². The van der Waals surface area contributed by atoms with Crippen LogP contribution < -0.4 is 21.7 Å². The number of nitrogens with zero attached hydrogens (tertiary/aromatic N) is 2. The Bertz CT molecular complexity index is 1320. The van der Waals surface area contributed by atoms with Crippen LogP contribution in [0, 0.1) is 19.7 Å². The van der Waals surface area contributed by atoms with Crippen LogP contribution in [0.2, 0.25) is 0 Å². The fraction of sp³-hybridized carbons (Fsp3) is 0.240. The molecule has 0 radical (unpaired) electrons. The molecule has 37 heavy (non-hydrogen) atoms. The molecule has 3 amide bonds. The molecular formula is C25H26FN5O5S. The molecule has 0 bridgehead atoms. The van der Waals surface area contributed by atoms with Gasteiger partial charge in [0, 0.05) is 5.69 Å². The smallest absolute Gasteiger partial charge is 0.325 e. The molecule has 0 unspecified atom stereocenters. The number of halogens is 1. The summed E-state index contributed by atoms with van der Waals surface area (Å²) in [5.41, 5.74) is 13.1. The van der Waals surface area contributed by atoms with E-state index >= 15 is 0 Å². The highest BCUT2D eigenvalue weighted by Crippen LogP contribution is 2.34. The van der Waals surface area contributed by atoms with Crippen molar-refractivity contribution in [1.29, 1.82) is 0 Å². The Hall–Kier alpha value is -4.32. The van der Waals surface area contributed by atoms with Crippen molar-refractivity contribution < 1.29 is 28.3 Å². The van der Waals surface area contributed by atoms with Crippen LogP contribution >= 0.6 is 11.5 Å². The quantitative estimate of drug-likeness (QED) is 0.361. The second-order valence-electron chi connectivity index (χ2n) is 8.14. The molecule has 0 saturated carbocycles. The number of carbonyl (C=O) groups is 4. The van der Waals surface area contributed by atoms with Crippen molar-refractivity contribution in [1.82, 2.24) is 9.69 Å². The highest BCUT2D eigenvalue weighted by atomic mass is 32.1. The minimum Gasteiger partial charge on any atom is -0.465 e. The number of rotatable bonds is 9. The van der Waals surface area contributed by atoms with Crippen LogP contribution in [0.25, 0.3) is 0 Å². The van der Waals surface area contributed by atoms with Gasteiger partial charge >= 0.3 is 5.97 Å². The zero-order valence-corrected chi connectivity index (χ0v) is 21.2. The van der Waals surface area contributed by atoms with E-state index < -0.39 is 42.1 Å². The number of nitrogens with one attached hydrogen (secondary N) is 1. The zero-order chi connectivity index (χ0) is 27.3. The number of benzene rings is 2. The van der Waals surface area contributed by atoms with Crippen LogP contribution in [0.3, 0.4) is 0 Å². The molecule has 1 atom stereocenters. The predicted molar refractivity (Wildman–Crippen MR) is 137 cm³/mol. The zero-order valence-electron chi connectivity index (χ0n) is 20.4. The van der Waals surface area contributed by atoms with Crippen molar-refractivity contribution in [2.24, 2.45) is 5.73 Å². The van der Waals surface area contributed by atoms with Gasteiger partial charge in [0.05, 0.1) is 12.3 Å². The van der Waals surface area contributed by atoms with E-state index in [1.807, 2.05) is 19.9 Å². The summed E-state index contributed by atoms with van der Waals surface area (Å²) in [4.78, 5) is 52.2. The molecule has 10 nitrogen and oxygen atoms in total. The lowest BCUT2D eigenvalue weighted by Crippen LogP contribution is -2.45. The molecule has 0 saturated heterocycles. The molecule has 5 N–H and O–H groups in total. The first-order chi connectivity index (χ1) is 17.5. The average molecular weight is 528 g/mol. The molecule has 12 heteroatoms. The summed E-state index contributed by atoms with van der Waals surface area (Å²) in [6.07, 6.45) is 0. The van der Waals surface area contributed by atoms with Gasteiger partial charge in [-0.1, -0.05) is 18.2 Å². The topological polar surface area (TPSA) is 158 Å². The number of primary amides is 1. The van der Waals surface area contributed by atoms with E-state index in [4.69, 9.17) is 16.2 Å². The van der Waals surface area contributed by atoms with Crippen molar-refractivity contribution in [2.75, 3.05) is 23.8 Å². The number of carbonyl (C=O) groups excluding carboxylic acids is 4. The molecule has 3 rings (SSSR count). The highest BCUT2D eigenvalue weighted by Gasteiger charge is 2.36. The van der Waals surface area contributed by atoms with Crippen molar-refractivity contribution >= 4 is 46.6 Å². The van der Waals surface area contributed by atoms with E-state index in [2.05, 4.69) is 9.69 Å². The van der Waals surface area contributed by atoms with Gasteiger partial charge in [0.1, 0.15) is 23.3 Å². The summed E-state index contributed by atoms with van der Waals surface area (Å²) >= 11 is 0.663. The Morgan fingerprint density at radius 1 is 1.11 bits per heavy atom. The van der Waals surface area contributed by atoms with Gasteiger partial charge in [-0.2, -0.15) is 4.37 Å². The number of esters is 1. The summed E-state index contributed by atoms with van der Waals surface area (Å²) in [6, 6.07) is 8.91. The van der Waals surface area contributed by atoms with Crippen molar-refractivity contribution in [3.8, 4) is 0 Å². The fourth-order valence-corrected chi connectivity index (χ4v) is 4.48. The number of amides is 3. The fourth-order valence-electron chi connectivity index (χ4n) is 3.74. The van der Waals surface area contributed by atoms with Crippen molar-refractivity contribution in [3.63, 3.8) is 0 Å². The number of aromatic nitrogens is 1. The van der Waals surface area contributed by atoms with Gasteiger partial charge < -0.3 is 21.5 Å². The van der Waals surface area contributed by atoms with Crippen LogP contribution in [0.15, 0.2) is 42.5 Å². The van der Waals surface area contributed by atoms with Crippen LogP contribution in [0.5, 0.6) is 0 Å². The number of ether oxygens (including phenoxy) is 1. The minimum atomic E-state index is -1.36. The van der Waals surface area contributed by atoms with E-state index in [9.17, 15) is 23.6 Å². The first kappa shape index (κ1) is 27.3. The lowest BCUT2D eigenvalue weighted by molar-refractivity contribution is -0.143. The second kappa shape index (κ2) is 11.6. The van der Waals surface area contributed by atoms with E-state index in [1.54, 1.807) is 19.1 Å². The molecule has 1 heterocycles. The van der Waals surface area contributed by atoms with Gasteiger partial charge in [-0.05, 0) is 73.3 Å². The van der Waals surface area contributed by atoms with Gasteiger partial charge in [0.25, 0.3) is 11.8 Å². The number of aryl methyl sites for hydroxylation is 2. The number of anilines is 2. The summed E-state index contributed by atoms with van der Waals surface area (Å²) in [6.45, 7) is 4.93. The second-order valence-corrected chi connectivity index (χ2v) is 8.91. The van der Waals surface area contributed by atoms with Gasteiger partial charge in [0.15, 0.2) is 5.69 Å². The molecule has 0 aliphatic heterocycles. The molecule has 0 fully saturated rings. The lowest BCUT2D eigenvalue weighted by atomic mass is 10.0. The summed E-state index contributed by atoms with van der Waals surface area (Å²) in [7, 11) is 0. The summed E-state index contributed by atoms with van der Waals surface area (Å²) in [5.74, 6) is -3.60. The van der Waals surface area contributed by atoms with Gasteiger partial charge in [-0.25, -0.2) is 4.39 Å². The van der Waals surface area contributed by atoms with Crippen LogP contribution in [0.4, 0.5) is 15.8 Å². The first-order valence-electron chi connectivity index (χ1n) is 11.2. The first-order valence-corrected chi connectivity index (χ1v) is 12.0. The third-order valence-electron chi connectivity index (χ3n) is 5.26. The monoisotopic (exact) mass is 527 g/mol. The van der Waals surface area contributed by atoms with E-state index in [0.29, 0.717) is 17.2 Å².